The number of rotatable bonds is 2. The summed E-state index contributed by atoms with van der Waals surface area (Å²) in [7, 11) is 0. The second kappa shape index (κ2) is 4.41. The van der Waals surface area contributed by atoms with Crippen molar-refractivity contribution >= 4 is 5.78 Å². The van der Waals surface area contributed by atoms with Crippen molar-refractivity contribution in [1.82, 2.24) is 4.90 Å². The van der Waals surface area contributed by atoms with Crippen LogP contribution in [0.5, 0.6) is 0 Å². The molecule has 0 amide bonds. The predicted molar refractivity (Wildman–Crippen MR) is 54.0 cm³/mol. The van der Waals surface area contributed by atoms with Gasteiger partial charge in [0.25, 0.3) is 0 Å². The van der Waals surface area contributed by atoms with Gasteiger partial charge in [0, 0.05) is 25.5 Å². The number of likely N-dealkylation sites (tertiary alicyclic amines) is 1. The first-order valence-corrected chi connectivity index (χ1v) is 5.66. The molecule has 80 valence electrons. The molecule has 2 aliphatic rings. The molecule has 1 heterocycles. The van der Waals surface area contributed by atoms with Crippen LogP contribution >= 0.6 is 0 Å². The maximum atomic E-state index is 11.1. The van der Waals surface area contributed by atoms with E-state index < -0.39 is 0 Å². The van der Waals surface area contributed by atoms with Crippen LogP contribution in [0.1, 0.15) is 32.1 Å². The van der Waals surface area contributed by atoms with Gasteiger partial charge in [0.05, 0.1) is 0 Å². The molecule has 0 aromatic carbocycles. The molecule has 2 rings (SSSR count). The van der Waals surface area contributed by atoms with Crippen molar-refractivity contribution in [2.75, 3.05) is 19.7 Å². The number of aliphatic hydroxyl groups is 1. The lowest BCUT2D eigenvalue weighted by atomic mass is 9.96. The summed E-state index contributed by atoms with van der Waals surface area (Å²) >= 11 is 0. The highest BCUT2D eigenvalue weighted by Gasteiger charge is 2.30. The first-order valence-electron chi connectivity index (χ1n) is 5.66. The van der Waals surface area contributed by atoms with Gasteiger partial charge in [-0.05, 0) is 38.3 Å². The van der Waals surface area contributed by atoms with E-state index in [1.807, 2.05) is 0 Å². The Balaban J connectivity index is 1.80. The minimum atomic E-state index is 0.331. The first kappa shape index (κ1) is 10.1. The third-order valence-electron chi connectivity index (χ3n) is 3.64. The smallest absolute Gasteiger partial charge is 0.134 e. The van der Waals surface area contributed by atoms with Crippen LogP contribution in [0.15, 0.2) is 0 Å². The number of piperidine rings is 1. The number of aliphatic hydroxyl groups excluding tert-OH is 1. The molecule has 3 heteroatoms. The number of hydrogen-bond donors (Lipinski definition) is 1. The van der Waals surface area contributed by atoms with E-state index >= 15 is 0 Å². The summed E-state index contributed by atoms with van der Waals surface area (Å²) in [6.45, 7) is 2.48. The molecule has 2 fully saturated rings. The molecule has 0 bridgehead atoms. The van der Waals surface area contributed by atoms with Crippen LogP contribution in [-0.2, 0) is 4.79 Å². The van der Waals surface area contributed by atoms with E-state index in [9.17, 15) is 4.79 Å². The summed E-state index contributed by atoms with van der Waals surface area (Å²) in [4.78, 5) is 13.6. The fourth-order valence-electron chi connectivity index (χ4n) is 2.61. The largest absolute Gasteiger partial charge is 0.396 e. The molecule has 1 atom stereocenters. The lowest BCUT2D eigenvalue weighted by Crippen LogP contribution is -2.40. The minimum absolute atomic E-state index is 0.331. The molecule has 3 nitrogen and oxygen atoms in total. The lowest BCUT2D eigenvalue weighted by molar-refractivity contribution is -0.117. The third kappa shape index (κ3) is 2.15. The Hall–Kier alpha value is -0.410. The van der Waals surface area contributed by atoms with Crippen LogP contribution in [0.25, 0.3) is 0 Å². The number of hydrogen-bond acceptors (Lipinski definition) is 3. The maximum Gasteiger partial charge on any atom is 0.134 e. The summed E-state index contributed by atoms with van der Waals surface area (Å²) in [5.74, 6) is 0.933. The quantitative estimate of drug-likeness (QED) is 0.712. The van der Waals surface area contributed by atoms with Gasteiger partial charge in [-0.15, -0.1) is 0 Å². The third-order valence-corrected chi connectivity index (χ3v) is 3.64. The van der Waals surface area contributed by atoms with Gasteiger partial charge < -0.3 is 5.11 Å². The first-order chi connectivity index (χ1) is 6.79. The van der Waals surface area contributed by atoms with Gasteiger partial charge in [-0.2, -0.15) is 0 Å². The SMILES string of the molecule is O=C1CCC(N2CCC(CO)CC2)C1. The molecule has 14 heavy (non-hydrogen) atoms. The molecule has 0 spiro atoms. The molecular formula is C11H19NO2. The topological polar surface area (TPSA) is 40.5 Å². The predicted octanol–water partition coefficient (Wildman–Crippen LogP) is 0.812. The zero-order valence-electron chi connectivity index (χ0n) is 8.61. The highest BCUT2D eigenvalue weighted by atomic mass is 16.3. The van der Waals surface area contributed by atoms with Crippen LogP contribution in [0.2, 0.25) is 0 Å². The van der Waals surface area contributed by atoms with Crippen molar-refractivity contribution in [2.24, 2.45) is 5.92 Å². The number of ketones is 1. The summed E-state index contributed by atoms with van der Waals surface area (Å²) in [6, 6.07) is 0.516. The van der Waals surface area contributed by atoms with Gasteiger partial charge >= 0.3 is 0 Å². The van der Waals surface area contributed by atoms with E-state index in [2.05, 4.69) is 4.90 Å². The van der Waals surface area contributed by atoms with Crippen molar-refractivity contribution in [3.05, 3.63) is 0 Å². The van der Waals surface area contributed by atoms with Crippen molar-refractivity contribution in [3.8, 4) is 0 Å². The fraction of sp³-hybridized carbons (Fsp3) is 0.909. The molecule has 0 radical (unpaired) electrons. The average molecular weight is 197 g/mol. The molecule has 1 unspecified atom stereocenters. The summed E-state index contributed by atoms with van der Waals surface area (Å²) in [5.41, 5.74) is 0. The zero-order chi connectivity index (χ0) is 9.97. The Bertz CT molecular complexity index is 209. The van der Waals surface area contributed by atoms with Crippen LogP contribution < -0.4 is 0 Å². The van der Waals surface area contributed by atoms with Crippen molar-refractivity contribution in [1.29, 1.82) is 0 Å². The van der Waals surface area contributed by atoms with Gasteiger partial charge in [-0.1, -0.05) is 0 Å². The van der Waals surface area contributed by atoms with Gasteiger partial charge in [0.1, 0.15) is 5.78 Å². The van der Waals surface area contributed by atoms with Gasteiger partial charge in [0.15, 0.2) is 0 Å². The Kier molecular flexibility index (Phi) is 3.19. The van der Waals surface area contributed by atoms with Gasteiger partial charge in [-0.25, -0.2) is 0 Å². The van der Waals surface area contributed by atoms with E-state index in [1.54, 1.807) is 0 Å². The normalized spacial score (nSPS) is 31.2. The summed E-state index contributed by atoms with van der Waals surface area (Å²) < 4.78 is 0. The zero-order valence-corrected chi connectivity index (χ0v) is 8.61. The molecule has 1 saturated heterocycles. The van der Waals surface area contributed by atoms with Crippen molar-refractivity contribution in [2.45, 2.75) is 38.1 Å². The average Bonchev–Trinajstić information content (AvgIpc) is 2.65. The van der Waals surface area contributed by atoms with E-state index in [0.29, 0.717) is 24.3 Å². The van der Waals surface area contributed by atoms with Crippen LogP contribution in [0.3, 0.4) is 0 Å². The number of nitrogens with zero attached hydrogens (tertiary/aromatic N) is 1. The molecule has 1 N–H and O–H groups in total. The monoisotopic (exact) mass is 197 g/mol. The minimum Gasteiger partial charge on any atom is -0.396 e. The van der Waals surface area contributed by atoms with E-state index in [-0.39, 0.29) is 0 Å². The maximum absolute atomic E-state index is 11.1. The van der Waals surface area contributed by atoms with Crippen molar-refractivity contribution in [3.63, 3.8) is 0 Å². The van der Waals surface area contributed by atoms with E-state index in [1.165, 1.54) is 0 Å². The highest BCUT2D eigenvalue weighted by Crippen LogP contribution is 2.25. The Morgan fingerprint density at radius 3 is 2.50 bits per heavy atom. The summed E-state index contributed by atoms with van der Waals surface area (Å²) in [6.07, 6.45) is 4.80. The van der Waals surface area contributed by atoms with Crippen LogP contribution in [-0.4, -0.2) is 41.5 Å². The Morgan fingerprint density at radius 2 is 2.00 bits per heavy atom. The molecular weight excluding hydrogens is 178 g/mol. The van der Waals surface area contributed by atoms with Crippen LogP contribution in [0, 0.1) is 5.92 Å². The molecule has 0 aromatic heterocycles. The standard InChI is InChI=1S/C11H19NO2/c13-8-9-3-5-12(6-4-9)10-1-2-11(14)7-10/h9-10,13H,1-8H2. The second-order valence-electron chi connectivity index (χ2n) is 4.60. The number of Topliss-reactive ketones (excluding diaryl/α,β-unsaturated/α-hetero) is 1. The molecule has 0 aromatic rings. The van der Waals surface area contributed by atoms with E-state index in [4.69, 9.17) is 5.11 Å². The van der Waals surface area contributed by atoms with E-state index in [0.717, 1.165) is 45.2 Å². The number of carbonyl (C=O) groups excluding carboxylic acids is 1. The molecule has 1 saturated carbocycles. The van der Waals surface area contributed by atoms with Crippen molar-refractivity contribution < 1.29 is 9.90 Å². The van der Waals surface area contributed by atoms with Crippen LogP contribution in [0.4, 0.5) is 0 Å². The van der Waals surface area contributed by atoms with Gasteiger partial charge in [-0.3, -0.25) is 9.69 Å². The second-order valence-corrected chi connectivity index (χ2v) is 4.60. The summed E-state index contributed by atoms with van der Waals surface area (Å²) in [5, 5.41) is 9.01. The molecule has 1 aliphatic carbocycles. The lowest BCUT2D eigenvalue weighted by Gasteiger charge is -2.35. The highest BCUT2D eigenvalue weighted by molar-refractivity contribution is 5.81. The Morgan fingerprint density at radius 1 is 1.29 bits per heavy atom. The number of carbonyl (C=O) groups is 1. The van der Waals surface area contributed by atoms with Gasteiger partial charge in [0.2, 0.25) is 0 Å². The molecule has 1 aliphatic heterocycles. The Labute approximate surface area is 85.1 Å². The fourth-order valence-corrected chi connectivity index (χ4v) is 2.61.